The van der Waals surface area contributed by atoms with Gasteiger partial charge in [0.1, 0.15) is 23.1 Å². The van der Waals surface area contributed by atoms with Crippen LogP contribution in [0.4, 0.5) is 0 Å². The van der Waals surface area contributed by atoms with Crippen LogP contribution in [0.25, 0.3) is 0 Å². The summed E-state index contributed by atoms with van der Waals surface area (Å²) in [6.07, 6.45) is 10.4. The summed E-state index contributed by atoms with van der Waals surface area (Å²) in [6, 6.07) is -0.686. The van der Waals surface area contributed by atoms with Gasteiger partial charge in [0.05, 0.1) is 0 Å². The molecule has 6 heteroatoms. The third kappa shape index (κ3) is 3.01. The lowest BCUT2D eigenvalue weighted by Gasteiger charge is -2.40. The zero-order valence-electron chi connectivity index (χ0n) is 15.8. The van der Waals surface area contributed by atoms with Crippen LogP contribution in [0.2, 0.25) is 0 Å². The Morgan fingerprint density at radius 3 is 2.33 bits per heavy atom. The van der Waals surface area contributed by atoms with E-state index < -0.39 is 11.6 Å². The number of hydrogen-bond acceptors (Lipinski definition) is 6. The van der Waals surface area contributed by atoms with Crippen LogP contribution in [-0.4, -0.2) is 23.1 Å². The van der Waals surface area contributed by atoms with Crippen molar-refractivity contribution in [3.63, 3.8) is 0 Å². The Labute approximate surface area is 159 Å². The standard InChI is InChI=1S/C21H28N2O4/c24-16-7-3-1-5-13(9-16)18-11-15-12-19(18)20(22-26)21(15,23-27)14-6-2-4-8-17(25)10-14/h11,13-15,19-20H,1-10,12H2/t13-,14-,15+,19+,20+,21-/m1/s1. The van der Waals surface area contributed by atoms with Gasteiger partial charge in [-0.3, -0.25) is 9.59 Å². The van der Waals surface area contributed by atoms with Gasteiger partial charge in [-0.2, -0.15) is 9.81 Å². The normalized spacial score (nSPS) is 42.4. The molecule has 6 nitrogen and oxygen atoms in total. The summed E-state index contributed by atoms with van der Waals surface area (Å²) in [5.74, 6) is 0.264. The fourth-order valence-corrected chi connectivity index (χ4v) is 6.41. The van der Waals surface area contributed by atoms with E-state index in [1.54, 1.807) is 0 Å². The number of nitroso groups, excluding NO2 is 2. The quantitative estimate of drug-likeness (QED) is 0.412. The van der Waals surface area contributed by atoms with E-state index in [0.29, 0.717) is 37.9 Å². The van der Waals surface area contributed by atoms with Crippen molar-refractivity contribution in [1.82, 2.24) is 0 Å². The first kappa shape index (κ1) is 18.6. The highest BCUT2D eigenvalue weighted by Gasteiger charge is 2.65. The van der Waals surface area contributed by atoms with Crippen molar-refractivity contribution in [2.75, 3.05) is 0 Å². The Balaban J connectivity index is 1.66. The van der Waals surface area contributed by atoms with E-state index in [-0.39, 0.29) is 29.5 Å². The molecule has 0 amide bonds. The first-order valence-corrected chi connectivity index (χ1v) is 10.5. The maximum absolute atomic E-state index is 12.2. The molecular formula is C21H28N2O4. The van der Waals surface area contributed by atoms with Gasteiger partial charge < -0.3 is 0 Å². The molecule has 3 saturated carbocycles. The van der Waals surface area contributed by atoms with Gasteiger partial charge in [0.15, 0.2) is 0 Å². The highest BCUT2D eigenvalue weighted by Crippen LogP contribution is 2.60. The lowest BCUT2D eigenvalue weighted by Crippen LogP contribution is -2.50. The summed E-state index contributed by atoms with van der Waals surface area (Å²) in [6.45, 7) is 0. The molecule has 6 atom stereocenters. The minimum Gasteiger partial charge on any atom is -0.300 e. The summed E-state index contributed by atoms with van der Waals surface area (Å²) in [4.78, 5) is 48.4. The molecule has 0 aliphatic heterocycles. The minimum atomic E-state index is -1.06. The minimum absolute atomic E-state index is 0.0838. The second-order valence-electron chi connectivity index (χ2n) is 9.02. The fraction of sp³-hybridized carbons (Fsp3) is 0.810. The van der Waals surface area contributed by atoms with Crippen LogP contribution in [0.1, 0.15) is 70.6 Å². The third-order valence-corrected chi connectivity index (χ3v) is 7.64. The predicted molar refractivity (Wildman–Crippen MR) is 101 cm³/mol. The molecule has 4 aliphatic rings. The van der Waals surface area contributed by atoms with Crippen molar-refractivity contribution in [1.29, 1.82) is 0 Å². The first-order valence-electron chi connectivity index (χ1n) is 10.5. The van der Waals surface area contributed by atoms with Crippen LogP contribution in [0.15, 0.2) is 22.0 Å². The molecule has 0 aromatic rings. The van der Waals surface area contributed by atoms with Gasteiger partial charge in [-0.1, -0.05) is 34.8 Å². The van der Waals surface area contributed by atoms with Crippen molar-refractivity contribution in [3.05, 3.63) is 21.5 Å². The van der Waals surface area contributed by atoms with E-state index >= 15 is 0 Å². The van der Waals surface area contributed by atoms with Gasteiger partial charge in [0, 0.05) is 37.5 Å². The SMILES string of the molecule is O=N[C@H]1[C@H]2C[C@H](C=C2[C@@H]2CCCCC(=O)C2)[C@]1(N=O)[C@@H]1CCCCC(=O)C1. The number of Topliss-reactive ketones (excluding diaryl/α,β-unsaturated/α-hetero) is 2. The molecule has 146 valence electrons. The van der Waals surface area contributed by atoms with Crippen molar-refractivity contribution < 1.29 is 9.59 Å². The number of carbonyl (C=O) groups is 2. The lowest BCUT2D eigenvalue weighted by molar-refractivity contribution is -0.120. The van der Waals surface area contributed by atoms with Gasteiger partial charge in [0.25, 0.3) is 0 Å². The highest BCUT2D eigenvalue weighted by atomic mass is 16.3. The molecule has 4 rings (SSSR count). The second kappa shape index (κ2) is 7.36. The number of nitrogens with zero attached hydrogens (tertiary/aromatic N) is 2. The van der Waals surface area contributed by atoms with Crippen LogP contribution in [0, 0.1) is 33.5 Å². The number of ketones is 2. The summed E-state index contributed by atoms with van der Waals surface area (Å²) in [5.41, 5.74) is 0.101. The number of rotatable bonds is 4. The van der Waals surface area contributed by atoms with Gasteiger partial charge in [-0.25, -0.2) is 0 Å². The summed E-state index contributed by atoms with van der Waals surface area (Å²) in [5, 5.41) is 6.99. The Morgan fingerprint density at radius 2 is 1.63 bits per heavy atom. The van der Waals surface area contributed by atoms with Crippen LogP contribution in [0.3, 0.4) is 0 Å². The van der Waals surface area contributed by atoms with Gasteiger partial charge in [-0.15, -0.1) is 0 Å². The Hall–Kier alpha value is -1.72. The Kier molecular flexibility index (Phi) is 5.08. The van der Waals surface area contributed by atoms with Crippen molar-refractivity contribution >= 4 is 11.6 Å². The van der Waals surface area contributed by atoms with Gasteiger partial charge in [0.2, 0.25) is 0 Å². The molecule has 0 saturated heterocycles. The zero-order chi connectivity index (χ0) is 19.0. The van der Waals surface area contributed by atoms with Crippen molar-refractivity contribution in [2.24, 2.45) is 34.0 Å². The van der Waals surface area contributed by atoms with Crippen LogP contribution >= 0.6 is 0 Å². The first-order chi connectivity index (χ1) is 13.1. The molecule has 0 N–H and O–H groups in total. The predicted octanol–water partition coefficient (Wildman–Crippen LogP) is 4.50. The second-order valence-corrected chi connectivity index (χ2v) is 9.02. The average Bonchev–Trinajstić information content (AvgIpc) is 3.04. The zero-order valence-corrected chi connectivity index (χ0v) is 15.8. The van der Waals surface area contributed by atoms with Crippen LogP contribution < -0.4 is 0 Å². The van der Waals surface area contributed by atoms with E-state index in [9.17, 15) is 19.4 Å². The molecule has 2 bridgehead atoms. The molecule has 0 heterocycles. The maximum atomic E-state index is 12.2. The topological polar surface area (TPSA) is 93.0 Å². The molecule has 0 aromatic carbocycles. The molecule has 27 heavy (non-hydrogen) atoms. The molecule has 0 aromatic heterocycles. The van der Waals surface area contributed by atoms with Crippen molar-refractivity contribution in [3.8, 4) is 0 Å². The lowest BCUT2D eigenvalue weighted by atomic mass is 9.66. The Morgan fingerprint density at radius 1 is 0.926 bits per heavy atom. The van der Waals surface area contributed by atoms with Gasteiger partial charge >= 0.3 is 0 Å². The summed E-state index contributed by atoms with van der Waals surface area (Å²) in [7, 11) is 0. The highest BCUT2D eigenvalue weighted by molar-refractivity contribution is 5.79. The smallest absolute Gasteiger partial charge is 0.138 e. The van der Waals surface area contributed by atoms with E-state index in [2.05, 4.69) is 16.4 Å². The molecule has 0 unspecified atom stereocenters. The van der Waals surface area contributed by atoms with Gasteiger partial charge in [-0.05, 0) is 43.9 Å². The van der Waals surface area contributed by atoms with Crippen molar-refractivity contribution in [2.45, 2.75) is 82.2 Å². The molecule has 4 aliphatic carbocycles. The monoisotopic (exact) mass is 372 g/mol. The number of hydrogen-bond donors (Lipinski definition) is 0. The number of carbonyl (C=O) groups excluding carboxylic acids is 2. The van der Waals surface area contributed by atoms with Crippen LogP contribution in [0.5, 0.6) is 0 Å². The van der Waals surface area contributed by atoms with E-state index in [1.165, 1.54) is 5.57 Å². The molecule has 0 radical (unpaired) electrons. The fourth-order valence-electron chi connectivity index (χ4n) is 6.41. The Bertz CT molecular complexity index is 688. The largest absolute Gasteiger partial charge is 0.300 e. The average molecular weight is 372 g/mol. The summed E-state index contributed by atoms with van der Waals surface area (Å²) < 4.78 is 0. The summed E-state index contributed by atoms with van der Waals surface area (Å²) >= 11 is 0. The third-order valence-electron chi connectivity index (χ3n) is 7.64. The van der Waals surface area contributed by atoms with E-state index in [1.807, 2.05) is 0 Å². The molecular weight excluding hydrogens is 344 g/mol. The van der Waals surface area contributed by atoms with E-state index in [0.717, 1.165) is 38.5 Å². The van der Waals surface area contributed by atoms with E-state index in [4.69, 9.17) is 0 Å². The van der Waals surface area contributed by atoms with Crippen LogP contribution in [-0.2, 0) is 9.59 Å². The maximum Gasteiger partial charge on any atom is 0.138 e. The number of fused-ring (bicyclic) bond motifs is 2. The molecule has 3 fully saturated rings. The molecule has 0 spiro atoms.